The number of aryl methyl sites for hydroxylation is 1. The molecular weight excluding hydrogens is 282 g/mol. The fourth-order valence-corrected chi connectivity index (χ4v) is 2.51. The zero-order valence-electron chi connectivity index (χ0n) is 12.7. The minimum Gasteiger partial charge on any atom is -0.493 e. The Labute approximate surface area is 129 Å². The molecule has 2 fully saturated rings. The highest BCUT2D eigenvalue weighted by Crippen LogP contribution is 2.38. The number of hydrogen-bond acceptors (Lipinski definition) is 3. The number of rotatable bonds is 7. The van der Waals surface area contributed by atoms with E-state index in [2.05, 4.69) is 5.32 Å². The fraction of sp³-hybridized carbons (Fsp3) is 0.529. The molecule has 2 saturated carbocycles. The van der Waals surface area contributed by atoms with E-state index in [4.69, 9.17) is 9.84 Å². The summed E-state index contributed by atoms with van der Waals surface area (Å²) in [4.78, 5) is 22.7. The van der Waals surface area contributed by atoms with Crippen LogP contribution in [0.2, 0.25) is 0 Å². The Hall–Kier alpha value is -2.04. The van der Waals surface area contributed by atoms with Gasteiger partial charge in [-0.25, -0.2) is 0 Å². The number of nitrogens with one attached hydrogen (secondary N) is 1. The lowest BCUT2D eigenvalue weighted by molar-refractivity contribution is -0.140. The van der Waals surface area contributed by atoms with E-state index >= 15 is 0 Å². The number of benzene rings is 1. The van der Waals surface area contributed by atoms with Gasteiger partial charge in [-0.2, -0.15) is 0 Å². The SMILES string of the molecule is Cc1ccc(CNC(=O)C2CC2C(=O)O)c(OCC2CC2)c1. The number of carbonyl (C=O) groups is 2. The number of carboxylic acids is 1. The Morgan fingerprint density at radius 2 is 2.09 bits per heavy atom. The largest absolute Gasteiger partial charge is 0.493 e. The van der Waals surface area contributed by atoms with E-state index in [1.807, 2.05) is 25.1 Å². The van der Waals surface area contributed by atoms with E-state index < -0.39 is 11.9 Å². The Balaban J connectivity index is 1.57. The van der Waals surface area contributed by atoms with Gasteiger partial charge in [-0.15, -0.1) is 0 Å². The van der Waals surface area contributed by atoms with Gasteiger partial charge < -0.3 is 15.2 Å². The van der Waals surface area contributed by atoms with Gasteiger partial charge in [0, 0.05) is 12.1 Å². The summed E-state index contributed by atoms with van der Waals surface area (Å²) in [5.41, 5.74) is 2.06. The van der Waals surface area contributed by atoms with Crippen LogP contribution in [0, 0.1) is 24.7 Å². The highest BCUT2D eigenvalue weighted by molar-refractivity contribution is 5.89. The summed E-state index contributed by atoms with van der Waals surface area (Å²) < 4.78 is 5.86. The van der Waals surface area contributed by atoms with Crippen LogP contribution >= 0.6 is 0 Å². The number of aliphatic carboxylic acids is 1. The van der Waals surface area contributed by atoms with Crippen molar-refractivity contribution in [1.29, 1.82) is 0 Å². The number of carboxylic acid groups (broad SMARTS) is 1. The summed E-state index contributed by atoms with van der Waals surface area (Å²) >= 11 is 0. The van der Waals surface area contributed by atoms with Gasteiger partial charge in [-0.1, -0.05) is 12.1 Å². The predicted molar refractivity (Wildman–Crippen MR) is 80.5 cm³/mol. The molecule has 0 spiro atoms. The van der Waals surface area contributed by atoms with E-state index in [-0.39, 0.29) is 11.8 Å². The van der Waals surface area contributed by atoms with Crippen molar-refractivity contribution in [3.05, 3.63) is 29.3 Å². The third kappa shape index (κ3) is 3.59. The molecule has 0 bridgehead atoms. The summed E-state index contributed by atoms with van der Waals surface area (Å²) in [6.45, 7) is 3.12. The molecule has 0 aliphatic heterocycles. The van der Waals surface area contributed by atoms with Crippen molar-refractivity contribution >= 4 is 11.9 Å². The second kappa shape index (κ2) is 5.99. The van der Waals surface area contributed by atoms with Crippen LogP contribution in [-0.2, 0) is 16.1 Å². The van der Waals surface area contributed by atoms with E-state index in [0.29, 0.717) is 18.9 Å². The van der Waals surface area contributed by atoms with E-state index in [0.717, 1.165) is 23.5 Å². The van der Waals surface area contributed by atoms with E-state index in [9.17, 15) is 9.59 Å². The zero-order valence-corrected chi connectivity index (χ0v) is 12.7. The maximum Gasteiger partial charge on any atom is 0.307 e. The lowest BCUT2D eigenvalue weighted by Crippen LogP contribution is -2.26. The maximum absolute atomic E-state index is 11.9. The fourth-order valence-electron chi connectivity index (χ4n) is 2.51. The lowest BCUT2D eigenvalue weighted by Gasteiger charge is -2.13. The van der Waals surface area contributed by atoms with Gasteiger partial charge in [0.1, 0.15) is 5.75 Å². The van der Waals surface area contributed by atoms with Crippen LogP contribution in [0.1, 0.15) is 30.4 Å². The van der Waals surface area contributed by atoms with Crippen molar-refractivity contribution in [2.75, 3.05) is 6.61 Å². The molecule has 0 heterocycles. The molecule has 2 atom stereocenters. The lowest BCUT2D eigenvalue weighted by atomic mass is 10.1. The quantitative estimate of drug-likeness (QED) is 0.809. The molecule has 0 saturated heterocycles. The molecule has 2 aliphatic carbocycles. The minimum absolute atomic E-state index is 0.180. The number of ether oxygens (including phenoxy) is 1. The Bertz CT molecular complexity index is 594. The molecule has 22 heavy (non-hydrogen) atoms. The molecule has 2 aliphatic rings. The molecule has 118 valence electrons. The molecule has 0 radical (unpaired) electrons. The van der Waals surface area contributed by atoms with Crippen LogP contribution in [0.25, 0.3) is 0 Å². The highest BCUT2D eigenvalue weighted by atomic mass is 16.5. The smallest absolute Gasteiger partial charge is 0.307 e. The number of carbonyl (C=O) groups excluding carboxylic acids is 1. The molecule has 1 aromatic rings. The first kappa shape index (κ1) is 14.9. The molecular formula is C17H21NO4. The van der Waals surface area contributed by atoms with E-state index in [1.54, 1.807) is 0 Å². The number of amides is 1. The topological polar surface area (TPSA) is 75.6 Å². The number of hydrogen-bond donors (Lipinski definition) is 2. The van der Waals surface area contributed by atoms with Crippen LogP contribution in [0.3, 0.4) is 0 Å². The summed E-state index contributed by atoms with van der Waals surface area (Å²) in [5, 5.41) is 11.7. The van der Waals surface area contributed by atoms with Crippen molar-refractivity contribution in [3.8, 4) is 5.75 Å². The second-order valence-corrected chi connectivity index (χ2v) is 6.37. The standard InChI is InChI=1S/C17H21NO4/c1-10-2-5-12(15(6-10)22-9-11-3-4-11)8-18-16(19)13-7-14(13)17(20)21/h2,5-6,11,13-14H,3-4,7-9H2,1H3,(H,18,19)(H,20,21). The van der Waals surface area contributed by atoms with Crippen LogP contribution in [0.15, 0.2) is 18.2 Å². The van der Waals surface area contributed by atoms with Crippen LogP contribution < -0.4 is 10.1 Å². The highest BCUT2D eigenvalue weighted by Gasteiger charge is 2.48. The van der Waals surface area contributed by atoms with Gasteiger partial charge >= 0.3 is 5.97 Å². The van der Waals surface area contributed by atoms with Crippen LogP contribution in [0.4, 0.5) is 0 Å². The Morgan fingerprint density at radius 3 is 2.73 bits per heavy atom. The second-order valence-electron chi connectivity index (χ2n) is 6.37. The molecule has 5 nitrogen and oxygen atoms in total. The zero-order chi connectivity index (χ0) is 15.7. The van der Waals surface area contributed by atoms with Gasteiger partial charge in [0.2, 0.25) is 5.91 Å². The molecule has 1 amide bonds. The molecule has 3 rings (SSSR count). The third-order valence-corrected chi connectivity index (χ3v) is 4.29. The first-order chi connectivity index (χ1) is 10.5. The molecule has 1 aromatic carbocycles. The molecule has 2 N–H and O–H groups in total. The monoisotopic (exact) mass is 303 g/mol. The minimum atomic E-state index is -0.885. The molecule has 2 unspecified atom stereocenters. The van der Waals surface area contributed by atoms with Gasteiger partial charge in [0.05, 0.1) is 18.4 Å². The van der Waals surface area contributed by atoms with Gasteiger partial charge in [0.15, 0.2) is 0 Å². The summed E-state index contributed by atoms with van der Waals surface area (Å²) in [5.74, 6) is -0.462. The average Bonchev–Trinajstić information content (AvgIpc) is 3.37. The summed E-state index contributed by atoms with van der Waals surface area (Å²) in [6.07, 6.45) is 2.91. The Morgan fingerprint density at radius 1 is 1.32 bits per heavy atom. The van der Waals surface area contributed by atoms with Gasteiger partial charge in [-0.3, -0.25) is 9.59 Å². The first-order valence-electron chi connectivity index (χ1n) is 7.77. The first-order valence-corrected chi connectivity index (χ1v) is 7.77. The van der Waals surface area contributed by atoms with Gasteiger partial charge in [0.25, 0.3) is 0 Å². The molecule has 5 heteroatoms. The van der Waals surface area contributed by atoms with Crippen molar-refractivity contribution in [2.24, 2.45) is 17.8 Å². The van der Waals surface area contributed by atoms with Crippen molar-refractivity contribution in [1.82, 2.24) is 5.32 Å². The van der Waals surface area contributed by atoms with E-state index in [1.165, 1.54) is 12.8 Å². The normalized spacial score (nSPS) is 23.0. The third-order valence-electron chi connectivity index (χ3n) is 4.29. The van der Waals surface area contributed by atoms with Crippen molar-refractivity contribution in [2.45, 2.75) is 32.7 Å². The average molecular weight is 303 g/mol. The predicted octanol–water partition coefficient (Wildman–Crippen LogP) is 2.12. The maximum atomic E-state index is 11.9. The molecule has 0 aromatic heterocycles. The van der Waals surface area contributed by atoms with Crippen molar-refractivity contribution in [3.63, 3.8) is 0 Å². The van der Waals surface area contributed by atoms with Crippen molar-refractivity contribution < 1.29 is 19.4 Å². The van der Waals surface area contributed by atoms with Crippen LogP contribution in [0.5, 0.6) is 5.75 Å². The summed E-state index contributed by atoms with van der Waals surface area (Å²) in [7, 11) is 0. The van der Waals surface area contributed by atoms with Crippen LogP contribution in [-0.4, -0.2) is 23.6 Å². The van der Waals surface area contributed by atoms with Gasteiger partial charge in [-0.05, 0) is 43.7 Å². The summed E-state index contributed by atoms with van der Waals surface area (Å²) in [6, 6.07) is 5.93. The Kier molecular flexibility index (Phi) is 4.05.